The largest absolute Gasteiger partial charge is 0.335 e. The number of piperazine rings is 1. The first kappa shape index (κ1) is 18.1. The van der Waals surface area contributed by atoms with Gasteiger partial charge in [-0.2, -0.15) is 10.2 Å². The van der Waals surface area contributed by atoms with Gasteiger partial charge < -0.3 is 4.90 Å². The Kier molecular flexibility index (Phi) is 5.58. The van der Waals surface area contributed by atoms with Crippen molar-refractivity contribution >= 4 is 21.8 Å². The van der Waals surface area contributed by atoms with Crippen molar-refractivity contribution in [2.24, 2.45) is 0 Å². The predicted molar refractivity (Wildman–Crippen MR) is 99.4 cm³/mol. The van der Waals surface area contributed by atoms with Crippen molar-refractivity contribution in [3.8, 4) is 0 Å². The van der Waals surface area contributed by atoms with Gasteiger partial charge in [0.05, 0.1) is 16.9 Å². The number of hydrogen-bond acceptors (Lipinski definition) is 4. The minimum Gasteiger partial charge on any atom is -0.335 e. The van der Waals surface area contributed by atoms with Crippen molar-refractivity contribution in [2.45, 2.75) is 40.4 Å². The van der Waals surface area contributed by atoms with E-state index in [-0.39, 0.29) is 5.91 Å². The zero-order valence-corrected chi connectivity index (χ0v) is 16.7. The third-order valence-electron chi connectivity index (χ3n) is 4.85. The Morgan fingerprint density at radius 3 is 2.32 bits per heavy atom. The molecule has 1 saturated heterocycles. The van der Waals surface area contributed by atoms with Gasteiger partial charge in [0.1, 0.15) is 5.69 Å². The van der Waals surface area contributed by atoms with Gasteiger partial charge in [-0.25, -0.2) is 0 Å². The molecule has 2 aromatic heterocycles. The van der Waals surface area contributed by atoms with Crippen molar-refractivity contribution in [1.29, 1.82) is 0 Å². The van der Waals surface area contributed by atoms with Crippen molar-refractivity contribution in [3.05, 3.63) is 33.8 Å². The van der Waals surface area contributed by atoms with E-state index in [1.165, 1.54) is 11.3 Å². The maximum absolute atomic E-state index is 12.8. The number of rotatable bonds is 5. The summed E-state index contributed by atoms with van der Waals surface area (Å²) in [5.41, 5.74) is 3.15. The zero-order chi connectivity index (χ0) is 18.0. The van der Waals surface area contributed by atoms with Crippen molar-refractivity contribution in [2.75, 3.05) is 26.2 Å². The summed E-state index contributed by atoms with van der Waals surface area (Å²) in [6.45, 7) is 11.9. The summed E-state index contributed by atoms with van der Waals surface area (Å²) < 4.78 is 4.55. The van der Waals surface area contributed by atoms with Crippen LogP contribution in [0.1, 0.15) is 35.6 Å². The zero-order valence-electron chi connectivity index (χ0n) is 15.1. The molecule has 1 amide bonds. The maximum atomic E-state index is 12.8. The van der Waals surface area contributed by atoms with E-state index in [9.17, 15) is 4.79 Å². The molecule has 0 aliphatic carbocycles. The molecule has 25 heavy (non-hydrogen) atoms. The SMILES string of the molecule is CCn1ncc(CN2CCN(C(=O)c3c(Br)cnn3CC)CC2)c1C. The quantitative estimate of drug-likeness (QED) is 0.760. The Labute approximate surface area is 156 Å². The van der Waals surface area contributed by atoms with E-state index >= 15 is 0 Å². The van der Waals surface area contributed by atoms with Crippen LogP contribution < -0.4 is 0 Å². The first-order valence-corrected chi connectivity index (χ1v) is 9.58. The molecular formula is C17H25BrN6O. The number of aryl methyl sites for hydroxylation is 2. The lowest BCUT2D eigenvalue weighted by Crippen LogP contribution is -2.48. The first-order chi connectivity index (χ1) is 12.0. The van der Waals surface area contributed by atoms with Gasteiger partial charge in [-0.05, 0) is 36.7 Å². The fourth-order valence-corrected chi connectivity index (χ4v) is 3.74. The second-order valence-electron chi connectivity index (χ2n) is 6.30. The molecule has 1 fully saturated rings. The second-order valence-corrected chi connectivity index (χ2v) is 7.15. The maximum Gasteiger partial charge on any atom is 0.273 e. The van der Waals surface area contributed by atoms with Crippen LogP contribution >= 0.6 is 15.9 Å². The summed E-state index contributed by atoms with van der Waals surface area (Å²) in [4.78, 5) is 17.1. The Hall–Kier alpha value is -1.67. The smallest absolute Gasteiger partial charge is 0.273 e. The van der Waals surface area contributed by atoms with E-state index < -0.39 is 0 Å². The van der Waals surface area contributed by atoms with Crippen LogP contribution in [0.15, 0.2) is 16.9 Å². The number of halogens is 1. The molecule has 1 aliphatic rings. The van der Waals surface area contributed by atoms with E-state index in [0.717, 1.165) is 43.7 Å². The van der Waals surface area contributed by atoms with Crippen LogP contribution in [0.3, 0.4) is 0 Å². The van der Waals surface area contributed by atoms with E-state index in [2.05, 4.69) is 44.9 Å². The molecule has 0 unspecified atom stereocenters. The van der Waals surface area contributed by atoms with E-state index in [0.29, 0.717) is 12.2 Å². The molecule has 0 radical (unpaired) electrons. The molecule has 136 valence electrons. The molecule has 1 aliphatic heterocycles. The van der Waals surface area contributed by atoms with Crippen LogP contribution in [-0.2, 0) is 19.6 Å². The average Bonchev–Trinajstić information content (AvgIpc) is 3.17. The monoisotopic (exact) mass is 408 g/mol. The molecular weight excluding hydrogens is 384 g/mol. The highest BCUT2D eigenvalue weighted by Gasteiger charge is 2.26. The van der Waals surface area contributed by atoms with E-state index in [1.54, 1.807) is 10.9 Å². The molecule has 7 nitrogen and oxygen atoms in total. The van der Waals surface area contributed by atoms with Crippen molar-refractivity contribution < 1.29 is 4.79 Å². The molecule has 0 saturated carbocycles. The highest BCUT2D eigenvalue weighted by atomic mass is 79.9. The number of carbonyl (C=O) groups is 1. The van der Waals surface area contributed by atoms with Gasteiger partial charge in [-0.1, -0.05) is 0 Å². The van der Waals surface area contributed by atoms with Crippen LogP contribution in [-0.4, -0.2) is 61.4 Å². The Morgan fingerprint density at radius 1 is 1.08 bits per heavy atom. The third kappa shape index (κ3) is 3.64. The topological polar surface area (TPSA) is 59.2 Å². The average molecular weight is 409 g/mol. The van der Waals surface area contributed by atoms with Crippen LogP contribution in [0.2, 0.25) is 0 Å². The number of aromatic nitrogens is 4. The van der Waals surface area contributed by atoms with Gasteiger partial charge in [0.25, 0.3) is 5.91 Å². The fraction of sp³-hybridized carbons (Fsp3) is 0.588. The molecule has 0 aromatic carbocycles. The lowest BCUT2D eigenvalue weighted by atomic mass is 10.2. The van der Waals surface area contributed by atoms with Gasteiger partial charge in [-0.3, -0.25) is 19.1 Å². The van der Waals surface area contributed by atoms with E-state index in [4.69, 9.17) is 0 Å². The van der Waals surface area contributed by atoms with Gasteiger partial charge >= 0.3 is 0 Å². The molecule has 0 spiro atoms. The number of carbonyl (C=O) groups excluding carboxylic acids is 1. The normalized spacial score (nSPS) is 15.8. The summed E-state index contributed by atoms with van der Waals surface area (Å²) in [6.07, 6.45) is 3.66. The van der Waals surface area contributed by atoms with E-state index in [1.807, 2.05) is 22.7 Å². The third-order valence-corrected chi connectivity index (χ3v) is 5.44. The first-order valence-electron chi connectivity index (χ1n) is 8.79. The number of nitrogens with zero attached hydrogens (tertiary/aromatic N) is 6. The molecule has 3 heterocycles. The van der Waals surface area contributed by atoms with Crippen LogP contribution in [0, 0.1) is 6.92 Å². The second kappa shape index (κ2) is 7.70. The number of hydrogen-bond donors (Lipinski definition) is 0. The fourth-order valence-electron chi connectivity index (χ4n) is 3.27. The van der Waals surface area contributed by atoms with Crippen LogP contribution in [0.5, 0.6) is 0 Å². The van der Waals surface area contributed by atoms with Gasteiger partial charge in [0.15, 0.2) is 0 Å². The highest BCUT2D eigenvalue weighted by molar-refractivity contribution is 9.10. The standard InChI is InChI=1S/C17H25BrN6O/c1-4-23-13(3)14(10-19-23)12-21-6-8-22(9-7-21)17(25)16-15(18)11-20-24(16)5-2/h10-11H,4-9,12H2,1-3H3. The van der Waals surface area contributed by atoms with Gasteiger partial charge in [0.2, 0.25) is 0 Å². The Bertz CT molecular complexity index is 744. The molecule has 0 N–H and O–H groups in total. The molecule has 2 aromatic rings. The predicted octanol–water partition coefficient (Wildman–Crippen LogP) is 2.15. The molecule has 0 bridgehead atoms. The Morgan fingerprint density at radius 2 is 1.72 bits per heavy atom. The summed E-state index contributed by atoms with van der Waals surface area (Å²) in [7, 11) is 0. The lowest BCUT2D eigenvalue weighted by molar-refractivity contribution is 0.0615. The molecule has 0 atom stereocenters. The van der Waals surface area contributed by atoms with Gasteiger partial charge in [-0.15, -0.1) is 0 Å². The molecule has 3 rings (SSSR count). The summed E-state index contributed by atoms with van der Waals surface area (Å²) in [6, 6.07) is 0. The molecule has 8 heteroatoms. The lowest BCUT2D eigenvalue weighted by Gasteiger charge is -2.34. The van der Waals surface area contributed by atoms with Crippen LogP contribution in [0.4, 0.5) is 0 Å². The van der Waals surface area contributed by atoms with Crippen molar-refractivity contribution in [3.63, 3.8) is 0 Å². The highest BCUT2D eigenvalue weighted by Crippen LogP contribution is 2.20. The summed E-state index contributed by atoms with van der Waals surface area (Å²) in [5, 5.41) is 8.66. The van der Waals surface area contributed by atoms with Crippen LogP contribution in [0.25, 0.3) is 0 Å². The summed E-state index contributed by atoms with van der Waals surface area (Å²) in [5.74, 6) is 0.0564. The number of amides is 1. The summed E-state index contributed by atoms with van der Waals surface area (Å²) >= 11 is 3.45. The van der Waals surface area contributed by atoms with Crippen molar-refractivity contribution in [1.82, 2.24) is 29.4 Å². The van der Waals surface area contributed by atoms with Gasteiger partial charge in [0, 0.05) is 57.1 Å². The minimum absolute atomic E-state index is 0.0564. The minimum atomic E-state index is 0.0564. The Balaban J connectivity index is 1.60.